The SMILES string of the molecule is COc1ccc(C(C)=C2Oc3c(ccc(O)c3O)C2=O)cc1OC. The van der Waals surface area contributed by atoms with Gasteiger partial charge in [0.2, 0.25) is 11.5 Å². The van der Waals surface area contributed by atoms with Crippen LogP contribution in [0.5, 0.6) is 28.7 Å². The van der Waals surface area contributed by atoms with Crippen molar-refractivity contribution < 1.29 is 29.2 Å². The van der Waals surface area contributed by atoms with Crippen LogP contribution in [0.4, 0.5) is 0 Å². The summed E-state index contributed by atoms with van der Waals surface area (Å²) in [6, 6.07) is 7.92. The average molecular weight is 328 g/mol. The number of phenolic OH excluding ortho intramolecular Hbond substituents is 2. The van der Waals surface area contributed by atoms with E-state index in [1.165, 1.54) is 19.2 Å². The van der Waals surface area contributed by atoms with Gasteiger partial charge in [0.05, 0.1) is 19.8 Å². The Labute approximate surface area is 138 Å². The summed E-state index contributed by atoms with van der Waals surface area (Å²) in [5, 5.41) is 19.4. The molecule has 0 bridgehead atoms. The number of phenols is 2. The molecule has 2 aromatic rings. The van der Waals surface area contributed by atoms with Gasteiger partial charge in [-0.3, -0.25) is 4.79 Å². The summed E-state index contributed by atoms with van der Waals surface area (Å²) in [6.07, 6.45) is 0. The van der Waals surface area contributed by atoms with Crippen molar-refractivity contribution in [3.8, 4) is 28.7 Å². The Morgan fingerprint density at radius 3 is 2.42 bits per heavy atom. The van der Waals surface area contributed by atoms with Crippen LogP contribution < -0.4 is 14.2 Å². The molecule has 0 fully saturated rings. The second-order valence-electron chi connectivity index (χ2n) is 5.27. The van der Waals surface area contributed by atoms with Crippen LogP contribution in [0, 0.1) is 0 Å². The second-order valence-corrected chi connectivity index (χ2v) is 5.27. The molecule has 124 valence electrons. The van der Waals surface area contributed by atoms with Gasteiger partial charge < -0.3 is 24.4 Å². The van der Waals surface area contributed by atoms with Crippen LogP contribution in [0.1, 0.15) is 22.8 Å². The molecule has 0 unspecified atom stereocenters. The summed E-state index contributed by atoms with van der Waals surface area (Å²) in [5.41, 5.74) is 1.50. The summed E-state index contributed by atoms with van der Waals surface area (Å²) in [5.74, 6) is 0.0186. The standard InChI is InChI=1S/C18H16O6/c1-9(10-4-7-13(22-2)14(8-10)23-3)17-15(20)11-5-6-12(19)16(21)18(11)24-17/h4-8,19,21H,1-3H3. The number of carbonyl (C=O) groups excluding carboxylic acids is 1. The van der Waals surface area contributed by atoms with Crippen molar-refractivity contribution in [3.05, 3.63) is 47.2 Å². The first-order valence-corrected chi connectivity index (χ1v) is 7.18. The number of benzene rings is 2. The van der Waals surface area contributed by atoms with Crippen molar-refractivity contribution in [2.75, 3.05) is 14.2 Å². The molecule has 0 amide bonds. The highest BCUT2D eigenvalue weighted by Crippen LogP contribution is 2.45. The molecule has 0 aliphatic carbocycles. The van der Waals surface area contributed by atoms with Gasteiger partial charge in [-0.25, -0.2) is 0 Å². The van der Waals surface area contributed by atoms with E-state index in [-0.39, 0.29) is 28.6 Å². The van der Waals surface area contributed by atoms with E-state index in [4.69, 9.17) is 14.2 Å². The van der Waals surface area contributed by atoms with E-state index in [0.29, 0.717) is 22.6 Å². The Morgan fingerprint density at radius 1 is 1.04 bits per heavy atom. The number of hydrogen-bond acceptors (Lipinski definition) is 6. The maximum Gasteiger partial charge on any atom is 0.232 e. The minimum Gasteiger partial charge on any atom is -0.504 e. The number of Topliss-reactive ketones (excluding diaryl/α,β-unsaturated/α-hetero) is 1. The lowest BCUT2D eigenvalue weighted by molar-refractivity contribution is 0.101. The number of fused-ring (bicyclic) bond motifs is 1. The third-order valence-electron chi connectivity index (χ3n) is 3.92. The normalized spacial score (nSPS) is 14.9. The van der Waals surface area contributed by atoms with E-state index in [1.807, 2.05) is 0 Å². The molecule has 0 saturated carbocycles. The molecule has 0 saturated heterocycles. The first kappa shape index (κ1) is 15.7. The number of carbonyl (C=O) groups is 1. The van der Waals surface area contributed by atoms with Gasteiger partial charge in [-0.15, -0.1) is 0 Å². The van der Waals surface area contributed by atoms with Crippen molar-refractivity contribution in [2.24, 2.45) is 0 Å². The molecular weight excluding hydrogens is 312 g/mol. The van der Waals surface area contributed by atoms with Gasteiger partial charge in [-0.05, 0) is 36.8 Å². The molecule has 6 nitrogen and oxygen atoms in total. The summed E-state index contributed by atoms with van der Waals surface area (Å²) >= 11 is 0. The lowest BCUT2D eigenvalue weighted by atomic mass is 10.0. The number of hydrogen-bond donors (Lipinski definition) is 2. The van der Waals surface area contributed by atoms with Crippen LogP contribution in [0.15, 0.2) is 36.1 Å². The Balaban J connectivity index is 2.08. The van der Waals surface area contributed by atoms with E-state index in [0.717, 1.165) is 0 Å². The van der Waals surface area contributed by atoms with E-state index in [9.17, 15) is 15.0 Å². The van der Waals surface area contributed by atoms with Gasteiger partial charge in [0.15, 0.2) is 28.8 Å². The number of methoxy groups -OCH3 is 2. The number of allylic oxidation sites excluding steroid dienone is 2. The maximum atomic E-state index is 12.5. The van der Waals surface area contributed by atoms with Gasteiger partial charge in [0.25, 0.3) is 0 Å². The van der Waals surface area contributed by atoms with Crippen molar-refractivity contribution in [2.45, 2.75) is 6.92 Å². The molecule has 3 rings (SSSR count). The molecule has 24 heavy (non-hydrogen) atoms. The fourth-order valence-electron chi connectivity index (χ4n) is 2.56. The number of ketones is 1. The Morgan fingerprint density at radius 2 is 1.75 bits per heavy atom. The quantitative estimate of drug-likeness (QED) is 0.665. The molecule has 1 heterocycles. The number of aromatic hydroxyl groups is 2. The predicted octanol–water partition coefficient (Wildman–Crippen LogP) is 3.12. The van der Waals surface area contributed by atoms with E-state index in [1.54, 1.807) is 32.2 Å². The average Bonchev–Trinajstić information content (AvgIpc) is 2.94. The molecule has 1 aliphatic rings. The summed E-state index contributed by atoms with van der Waals surface area (Å²) in [6.45, 7) is 1.73. The Kier molecular flexibility index (Phi) is 3.81. The Hall–Kier alpha value is -3.15. The smallest absolute Gasteiger partial charge is 0.232 e. The number of ether oxygens (including phenoxy) is 3. The minimum atomic E-state index is -0.448. The van der Waals surface area contributed by atoms with E-state index < -0.39 is 5.75 Å². The van der Waals surface area contributed by atoms with E-state index in [2.05, 4.69) is 0 Å². The summed E-state index contributed by atoms with van der Waals surface area (Å²) in [4.78, 5) is 12.5. The fourth-order valence-corrected chi connectivity index (χ4v) is 2.56. The van der Waals surface area contributed by atoms with Gasteiger partial charge in [-0.1, -0.05) is 6.07 Å². The first-order valence-electron chi connectivity index (χ1n) is 7.18. The molecule has 2 aromatic carbocycles. The monoisotopic (exact) mass is 328 g/mol. The number of rotatable bonds is 3. The molecule has 0 aromatic heterocycles. The highest BCUT2D eigenvalue weighted by atomic mass is 16.5. The molecule has 6 heteroatoms. The highest BCUT2D eigenvalue weighted by molar-refractivity contribution is 6.16. The lowest BCUT2D eigenvalue weighted by Gasteiger charge is -2.11. The topological polar surface area (TPSA) is 85.2 Å². The van der Waals surface area contributed by atoms with Gasteiger partial charge in [0.1, 0.15) is 0 Å². The molecular formula is C18H16O6. The summed E-state index contributed by atoms with van der Waals surface area (Å²) in [7, 11) is 3.07. The van der Waals surface area contributed by atoms with Crippen LogP contribution >= 0.6 is 0 Å². The summed E-state index contributed by atoms with van der Waals surface area (Å²) < 4.78 is 16.0. The van der Waals surface area contributed by atoms with Crippen LogP contribution in [0.2, 0.25) is 0 Å². The minimum absolute atomic E-state index is 0.0326. The lowest BCUT2D eigenvalue weighted by Crippen LogP contribution is -2.02. The molecule has 0 radical (unpaired) electrons. The van der Waals surface area contributed by atoms with Gasteiger partial charge >= 0.3 is 0 Å². The Bertz CT molecular complexity index is 866. The fraction of sp³-hybridized carbons (Fsp3) is 0.167. The second kappa shape index (κ2) is 5.81. The van der Waals surface area contributed by atoms with Crippen molar-refractivity contribution in [3.63, 3.8) is 0 Å². The van der Waals surface area contributed by atoms with Crippen LogP contribution in [0.3, 0.4) is 0 Å². The largest absolute Gasteiger partial charge is 0.504 e. The van der Waals surface area contributed by atoms with Gasteiger partial charge in [0, 0.05) is 5.57 Å². The zero-order valence-corrected chi connectivity index (χ0v) is 13.4. The van der Waals surface area contributed by atoms with Crippen molar-refractivity contribution in [1.82, 2.24) is 0 Å². The van der Waals surface area contributed by atoms with Crippen LogP contribution in [0.25, 0.3) is 5.57 Å². The van der Waals surface area contributed by atoms with Gasteiger partial charge in [-0.2, -0.15) is 0 Å². The third-order valence-corrected chi connectivity index (χ3v) is 3.92. The molecule has 0 atom stereocenters. The molecule has 0 spiro atoms. The zero-order chi connectivity index (χ0) is 17.4. The molecule has 1 aliphatic heterocycles. The van der Waals surface area contributed by atoms with E-state index >= 15 is 0 Å². The zero-order valence-electron chi connectivity index (χ0n) is 13.4. The first-order chi connectivity index (χ1) is 11.5. The van der Waals surface area contributed by atoms with Crippen LogP contribution in [-0.2, 0) is 0 Å². The predicted molar refractivity (Wildman–Crippen MR) is 86.9 cm³/mol. The highest BCUT2D eigenvalue weighted by Gasteiger charge is 2.33. The maximum absolute atomic E-state index is 12.5. The molecule has 2 N–H and O–H groups in total. The third kappa shape index (κ3) is 2.32. The van der Waals surface area contributed by atoms with Crippen LogP contribution in [-0.4, -0.2) is 30.2 Å². The van der Waals surface area contributed by atoms with Crippen molar-refractivity contribution >= 4 is 11.4 Å². The van der Waals surface area contributed by atoms with Crippen molar-refractivity contribution in [1.29, 1.82) is 0 Å².